The van der Waals surface area contributed by atoms with Crippen LogP contribution in [-0.2, 0) is 9.53 Å². The minimum Gasteiger partial charge on any atom is -0.469 e. The van der Waals surface area contributed by atoms with E-state index in [1.54, 1.807) is 18.3 Å². The van der Waals surface area contributed by atoms with Gasteiger partial charge in [0.15, 0.2) is 0 Å². The number of carbonyl (C=O) groups is 1. The molecule has 4 nitrogen and oxygen atoms in total. The average Bonchev–Trinajstić information content (AvgIpc) is 3.26. The Kier molecular flexibility index (Phi) is 3.15. The van der Waals surface area contributed by atoms with Crippen molar-refractivity contribution < 1.29 is 14.6 Å². The van der Waals surface area contributed by atoms with Crippen LogP contribution in [0.4, 0.5) is 0 Å². The first kappa shape index (κ1) is 17.0. The van der Waals surface area contributed by atoms with E-state index in [0.29, 0.717) is 17.8 Å². The molecule has 2 aliphatic heterocycles. The number of ether oxygens (including phenoxy) is 1. The molecule has 4 aliphatic carbocycles. The van der Waals surface area contributed by atoms with Crippen molar-refractivity contribution in [2.75, 3.05) is 20.2 Å². The number of esters is 1. The molecular formula is C23H33NO3. The van der Waals surface area contributed by atoms with E-state index in [1.165, 1.54) is 19.3 Å². The Balaban J connectivity index is 1.62. The van der Waals surface area contributed by atoms with Gasteiger partial charge in [0.05, 0.1) is 18.6 Å². The van der Waals surface area contributed by atoms with E-state index in [-0.39, 0.29) is 28.8 Å². The van der Waals surface area contributed by atoms with Gasteiger partial charge in [0.2, 0.25) is 0 Å². The molecule has 6 aliphatic rings. The maximum absolute atomic E-state index is 12.8. The molecule has 1 N–H and O–H groups in total. The molecule has 4 bridgehead atoms. The van der Waals surface area contributed by atoms with Gasteiger partial charge in [-0.2, -0.15) is 0 Å². The van der Waals surface area contributed by atoms with Gasteiger partial charge in [-0.25, -0.2) is 0 Å². The summed E-state index contributed by atoms with van der Waals surface area (Å²) >= 11 is 0. The molecule has 8 atom stereocenters. The summed E-state index contributed by atoms with van der Waals surface area (Å²) in [5.41, 5.74) is 2.90. The summed E-state index contributed by atoms with van der Waals surface area (Å²) in [6.45, 7) is 6.95. The van der Waals surface area contributed by atoms with Crippen molar-refractivity contribution >= 4 is 5.97 Å². The lowest BCUT2D eigenvalue weighted by Gasteiger charge is -2.67. The zero-order valence-corrected chi connectivity index (χ0v) is 17.0. The number of allylic oxidation sites excluding steroid dienone is 1. The minimum atomic E-state index is -0.592. The van der Waals surface area contributed by atoms with Crippen LogP contribution in [-0.4, -0.2) is 47.8 Å². The van der Waals surface area contributed by atoms with Crippen LogP contribution in [0, 0.1) is 34.5 Å². The standard InChI is InChI=1S/C23H33NO3/c1-13-11-24-12-15-6-4-14-5-7-16-17(19(25)27-3)10-22(18(14)16)20(24)23(13,26)9-8-21(15,22)2/h13,15-17,20,26H,4-12H2,1-3H3/t13-,15-,16-,17-,20-,21+,22?,23?/m1/s1. The van der Waals surface area contributed by atoms with Gasteiger partial charge < -0.3 is 9.84 Å². The Morgan fingerprint density at radius 1 is 1.22 bits per heavy atom. The minimum absolute atomic E-state index is 0.00113. The van der Waals surface area contributed by atoms with Gasteiger partial charge in [-0.3, -0.25) is 9.69 Å². The summed E-state index contributed by atoms with van der Waals surface area (Å²) in [6.07, 6.45) is 7.75. The Morgan fingerprint density at radius 2 is 2.00 bits per heavy atom. The number of rotatable bonds is 1. The van der Waals surface area contributed by atoms with Gasteiger partial charge in [-0.05, 0) is 68.1 Å². The van der Waals surface area contributed by atoms with Crippen molar-refractivity contribution in [3.63, 3.8) is 0 Å². The number of hydrogen-bond donors (Lipinski definition) is 1. The molecule has 148 valence electrons. The molecule has 2 unspecified atom stereocenters. The first-order valence-electron chi connectivity index (χ1n) is 11.1. The lowest BCUT2D eigenvalue weighted by atomic mass is 9.43. The molecule has 4 heteroatoms. The van der Waals surface area contributed by atoms with E-state index in [4.69, 9.17) is 4.74 Å². The molecule has 2 saturated carbocycles. The van der Waals surface area contributed by atoms with Crippen LogP contribution in [0.5, 0.6) is 0 Å². The number of carbonyl (C=O) groups excluding carboxylic acids is 1. The second-order valence-electron chi connectivity index (χ2n) is 10.9. The van der Waals surface area contributed by atoms with Crippen LogP contribution >= 0.6 is 0 Å². The summed E-state index contributed by atoms with van der Waals surface area (Å²) in [5, 5.41) is 12.0. The van der Waals surface area contributed by atoms with Crippen molar-refractivity contribution in [2.24, 2.45) is 34.5 Å². The maximum atomic E-state index is 12.8. The van der Waals surface area contributed by atoms with Crippen LogP contribution in [0.2, 0.25) is 0 Å². The largest absolute Gasteiger partial charge is 0.469 e. The van der Waals surface area contributed by atoms with E-state index in [2.05, 4.69) is 18.7 Å². The van der Waals surface area contributed by atoms with Crippen LogP contribution in [0.3, 0.4) is 0 Å². The monoisotopic (exact) mass is 371 g/mol. The topological polar surface area (TPSA) is 49.8 Å². The second-order valence-corrected chi connectivity index (χ2v) is 10.9. The quantitative estimate of drug-likeness (QED) is 0.568. The summed E-state index contributed by atoms with van der Waals surface area (Å²) in [7, 11) is 1.55. The van der Waals surface area contributed by atoms with Crippen molar-refractivity contribution in [1.82, 2.24) is 4.90 Å². The predicted molar refractivity (Wildman–Crippen MR) is 102 cm³/mol. The molecule has 1 spiro atoms. The number of hydrogen-bond acceptors (Lipinski definition) is 4. The lowest BCUT2D eigenvalue weighted by Crippen LogP contribution is -2.71. The first-order chi connectivity index (χ1) is 12.9. The van der Waals surface area contributed by atoms with E-state index < -0.39 is 5.60 Å². The summed E-state index contributed by atoms with van der Waals surface area (Å²) in [5.74, 6) is 1.36. The summed E-state index contributed by atoms with van der Waals surface area (Å²) in [4.78, 5) is 15.5. The normalized spacial score (nSPS) is 55.5. The van der Waals surface area contributed by atoms with Gasteiger partial charge in [-0.1, -0.05) is 25.0 Å². The van der Waals surface area contributed by atoms with E-state index in [1.807, 2.05) is 0 Å². The van der Waals surface area contributed by atoms with Gasteiger partial charge in [-0.15, -0.1) is 0 Å². The predicted octanol–water partition coefficient (Wildman–Crippen LogP) is 3.15. The highest BCUT2D eigenvalue weighted by Crippen LogP contribution is 2.77. The fraction of sp³-hybridized carbons (Fsp3) is 0.870. The van der Waals surface area contributed by atoms with E-state index in [9.17, 15) is 9.90 Å². The molecule has 0 amide bonds. The molecule has 6 rings (SSSR count). The molecule has 27 heavy (non-hydrogen) atoms. The molecule has 4 fully saturated rings. The number of nitrogens with zero attached hydrogens (tertiary/aromatic N) is 1. The van der Waals surface area contributed by atoms with Gasteiger partial charge >= 0.3 is 5.97 Å². The van der Waals surface area contributed by atoms with Gasteiger partial charge in [0, 0.05) is 24.5 Å². The maximum Gasteiger partial charge on any atom is 0.309 e. The molecule has 0 aromatic carbocycles. The third-order valence-electron chi connectivity index (χ3n) is 10.4. The van der Waals surface area contributed by atoms with Crippen molar-refractivity contribution in [3.05, 3.63) is 11.1 Å². The van der Waals surface area contributed by atoms with Crippen LogP contribution in [0.1, 0.15) is 58.8 Å². The molecule has 0 aromatic rings. The highest BCUT2D eigenvalue weighted by atomic mass is 16.5. The zero-order chi connectivity index (χ0) is 18.8. The third-order valence-corrected chi connectivity index (χ3v) is 10.4. The van der Waals surface area contributed by atoms with Gasteiger partial charge in [0.1, 0.15) is 0 Å². The summed E-state index contributed by atoms with van der Waals surface area (Å²) in [6, 6.07) is 0.202. The van der Waals surface area contributed by atoms with E-state index in [0.717, 1.165) is 38.8 Å². The fourth-order valence-corrected chi connectivity index (χ4v) is 9.29. The molecule has 2 heterocycles. The fourth-order valence-electron chi connectivity index (χ4n) is 9.29. The Morgan fingerprint density at radius 3 is 2.78 bits per heavy atom. The second kappa shape index (κ2) is 4.99. The SMILES string of the molecule is COC(=O)[C@@H]1CC23C4=C(CC[C@@H]5CN6C[C@@H](C)C(O)(CC[C@@]52C)[C@H]63)CC[C@@H]41. The van der Waals surface area contributed by atoms with Crippen LogP contribution < -0.4 is 0 Å². The molecule has 0 radical (unpaired) electrons. The summed E-state index contributed by atoms with van der Waals surface area (Å²) < 4.78 is 5.29. The third kappa shape index (κ3) is 1.66. The van der Waals surface area contributed by atoms with Crippen molar-refractivity contribution in [1.29, 1.82) is 0 Å². The zero-order valence-electron chi connectivity index (χ0n) is 17.0. The number of aliphatic hydroxyl groups is 1. The highest BCUT2D eigenvalue weighted by molar-refractivity contribution is 5.75. The molecule has 0 aromatic heterocycles. The van der Waals surface area contributed by atoms with Crippen LogP contribution in [0.25, 0.3) is 0 Å². The smallest absolute Gasteiger partial charge is 0.309 e. The lowest BCUT2D eigenvalue weighted by molar-refractivity contribution is -0.198. The van der Waals surface area contributed by atoms with Crippen molar-refractivity contribution in [3.8, 4) is 0 Å². The molecule has 2 saturated heterocycles. The molecular weight excluding hydrogens is 338 g/mol. The first-order valence-corrected chi connectivity index (χ1v) is 11.1. The Labute approximate surface area is 162 Å². The highest BCUT2D eigenvalue weighted by Gasteiger charge is 2.77. The average molecular weight is 372 g/mol. The van der Waals surface area contributed by atoms with Crippen molar-refractivity contribution in [2.45, 2.75) is 70.4 Å². The Hall–Kier alpha value is -0.870. The number of piperidine rings is 1. The van der Waals surface area contributed by atoms with E-state index >= 15 is 0 Å². The Bertz CT molecular complexity index is 761. The van der Waals surface area contributed by atoms with Crippen LogP contribution in [0.15, 0.2) is 11.1 Å². The number of methoxy groups -OCH3 is 1. The van der Waals surface area contributed by atoms with Gasteiger partial charge in [0.25, 0.3) is 0 Å².